The van der Waals surface area contributed by atoms with Gasteiger partial charge in [-0.25, -0.2) is 14.0 Å². The second-order valence-electron chi connectivity index (χ2n) is 10.8. The van der Waals surface area contributed by atoms with E-state index in [0.717, 1.165) is 31.3 Å². The summed E-state index contributed by atoms with van der Waals surface area (Å²) < 4.78 is 25.7. The van der Waals surface area contributed by atoms with Gasteiger partial charge < -0.3 is 19.7 Å². The van der Waals surface area contributed by atoms with Gasteiger partial charge in [-0.1, -0.05) is 44.2 Å². The van der Waals surface area contributed by atoms with Gasteiger partial charge in [-0.2, -0.15) is 0 Å². The highest BCUT2D eigenvalue weighted by Gasteiger charge is 2.40. The summed E-state index contributed by atoms with van der Waals surface area (Å²) in [7, 11) is 3.20. The van der Waals surface area contributed by atoms with E-state index in [1.165, 1.54) is 12.7 Å². The Morgan fingerprint density at radius 2 is 1.70 bits per heavy atom. The fourth-order valence-corrected chi connectivity index (χ4v) is 5.08. The summed E-state index contributed by atoms with van der Waals surface area (Å²) in [6.45, 7) is 8.98. The third kappa shape index (κ3) is 7.32. The Kier molecular flexibility index (Phi) is 9.81. The van der Waals surface area contributed by atoms with E-state index in [1.54, 1.807) is 13.8 Å². The van der Waals surface area contributed by atoms with Crippen molar-refractivity contribution in [2.75, 3.05) is 27.3 Å². The van der Waals surface area contributed by atoms with Crippen LogP contribution < -0.4 is 5.32 Å². The Morgan fingerprint density at radius 1 is 1.07 bits per heavy atom. The van der Waals surface area contributed by atoms with Crippen molar-refractivity contribution in [3.05, 3.63) is 98.1 Å². The lowest BCUT2D eigenvalue weighted by Gasteiger charge is -2.32. The molecule has 1 aliphatic heterocycles. The van der Waals surface area contributed by atoms with E-state index in [1.807, 2.05) is 25.2 Å². The summed E-state index contributed by atoms with van der Waals surface area (Å²) in [5.41, 5.74) is 1.10. The van der Waals surface area contributed by atoms with Crippen LogP contribution in [0.5, 0.6) is 0 Å². The Bertz CT molecular complexity index is 1340. The van der Waals surface area contributed by atoms with Crippen molar-refractivity contribution in [2.45, 2.75) is 46.6 Å². The number of carbonyl (C=O) groups excluding carboxylic acids is 2. The number of carbonyl (C=O) groups is 2. The van der Waals surface area contributed by atoms with Gasteiger partial charge in [0.05, 0.1) is 35.7 Å². The first-order valence-corrected chi connectivity index (χ1v) is 12.9. The quantitative estimate of drug-likeness (QED) is 0.229. The zero-order chi connectivity index (χ0) is 29.6. The second-order valence-corrected chi connectivity index (χ2v) is 10.8. The molecule has 0 bridgehead atoms. The van der Waals surface area contributed by atoms with Crippen LogP contribution in [-0.4, -0.2) is 49.1 Å². The van der Waals surface area contributed by atoms with E-state index >= 15 is 4.39 Å². The van der Waals surface area contributed by atoms with Crippen LogP contribution in [0.1, 0.15) is 51.2 Å². The number of rotatable bonds is 11. The van der Waals surface area contributed by atoms with Gasteiger partial charge in [-0.05, 0) is 44.4 Å². The van der Waals surface area contributed by atoms with Gasteiger partial charge in [0, 0.05) is 42.2 Å². The summed E-state index contributed by atoms with van der Waals surface area (Å²) in [4.78, 5) is 39.2. The van der Waals surface area contributed by atoms with Crippen LogP contribution in [0.25, 0.3) is 0 Å². The Labute approximate surface area is 233 Å². The highest BCUT2D eigenvalue weighted by Crippen LogP contribution is 2.41. The summed E-state index contributed by atoms with van der Waals surface area (Å²) in [6.07, 6.45) is 0.548. The largest absolute Gasteiger partial charge is 0.466 e. The van der Waals surface area contributed by atoms with Gasteiger partial charge >= 0.3 is 11.9 Å². The minimum atomic E-state index is -1.26. The van der Waals surface area contributed by atoms with Crippen molar-refractivity contribution in [1.82, 2.24) is 10.2 Å². The van der Waals surface area contributed by atoms with E-state index < -0.39 is 28.6 Å². The molecule has 0 amide bonds. The number of hydrogen-bond donors (Lipinski definition) is 1. The molecule has 0 aliphatic carbocycles. The lowest BCUT2D eigenvalue weighted by atomic mass is 9.80. The van der Waals surface area contributed by atoms with E-state index in [-0.39, 0.29) is 34.4 Å². The van der Waals surface area contributed by atoms with Crippen molar-refractivity contribution >= 4 is 17.6 Å². The van der Waals surface area contributed by atoms with Crippen LogP contribution in [0, 0.1) is 21.3 Å². The van der Waals surface area contributed by atoms with E-state index in [4.69, 9.17) is 9.47 Å². The number of hydrogen-bond acceptors (Lipinski definition) is 8. The Hall–Kier alpha value is -4.05. The summed E-state index contributed by atoms with van der Waals surface area (Å²) >= 11 is 0. The predicted molar refractivity (Wildman–Crippen MR) is 148 cm³/mol. The zero-order valence-electron chi connectivity index (χ0n) is 23.7. The maximum absolute atomic E-state index is 15.1. The predicted octanol–water partition coefficient (Wildman–Crippen LogP) is 5.23. The van der Waals surface area contributed by atoms with E-state index in [2.05, 4.69) is 36.2 Å². The third-order valence-corrected chi connectivity index (χ3v) is 6.89. The molecule has 0 fully saturated rings. The van der Waals surface area contributed by atoms with Crippen molar-refractivity contribution in [1.29, 1.82) is 0 Å². The standard InChI is InChI=1S/C30H36FN3O6/c1-19-25(28(35)39-6)27(23-16-22(34(37)38)12-13-24(23)31)26(20(2)32-19)29(36)40-15-14-30(3,4)18-33(5)17-21-10-8-7-9-11-21/h7-13,16,27,32H,14-15,17-18H2,1-6H3. The number of esters is 2. The zero-order valence-corrected chi connectivity index (χ0v) is 23.7. The number of allylic oxidation sites excluding steroid dienone is 2. The average Bonchev–Trinajstić information content (AvgIpc) is 2.88. The van der Waals surface area contributed by atoms with Gasteiger partial charge in [0.2, 0.25) is 0 Å². The molecule has 1 aliphatic rings. The van der Waals surface area contributed by atoms with Crippen LogP contribution >= 0.6 is 0 Å². The number of ether oxygens (including phenoxy) is 2. The third-order valence-electron chi connectivity index (χ3n) is 6.89. The number of non-ortho nitro benzene ring substituents is 1. The fraction of sp³-hybridized carbons (Fsp3) is 0.400. The van der Waals surface area contributed by atoms with Crippen LogP contribution in [0.4, 0.5) is 10.1 Å². The molecule has 0 radical (unpaired) electrons. The molecular weight excluding hydrogens is 517 g/mol. The number of dihydropyridines is 1. The Morgan fingerprint density at radius 3 is 2.30 bits per heavy atom. The van der Waals surface area contributed by atoms with Gasteiger partial charge in [-0.3, -0.25) is 10.1 Å². The molecule has 9 nitrogen and oxygen atoms in total. The monoisotopic (exact) mass is 553 g/mol. The summed E-state index contributed by atoms with van der Waals surface area (Å²) in [6, 6.07) is 13.1. The average molecular weight is 554 g/mol. The first-order chi connectivity index (χ1) is 18.8. The number of nitrogens with zero attached hydrogens (tertiary/aromatic N) is 2. The summed E-state index contributed by atoms with van der Waals surface area (Å²) in [5, 5.41) is 14.4. The summed E-state index contributed by atoms with van der Waals surface area (Å²) in [5.74, 6) is -3.59. The molecule has 1 atom stereocenters. The number of benzene rings is 2. The highest BCUT2D eigenvalue weighted by molar-refractivity contribution is 5.99. The van der Waals surface area contributed by atoms with E-state index in [0.29, 0.717) is 17.8 Å². The molecule has 1 unspecified atom stereocenters. The van der Waals surface area contributed by atoms with Crippen molar-refractivity contribution < 1.29 is 28.4 Å². The van der Waals surface area contributed by atoms with Crippen molar-refractivity contribution in [3.8, 4) is 0 Å². The molecule has 3 rings (SSSR count). The number of nitrogens with one attached hydrogen (secondary N) is 1. The van der Waals surface area contributed by atoms with Crippen LogP contribution in [0.3, 0.4) is 0 Å². The van der Waals surface area contributed by atoms with E-state index in [9.17, 15) is 19.7 Å². The molecule has 40 heavy (non-hydrogen) atoms. The smallest absolute Gasteiger partial charge is 0.336 e. The van der Waals surface area contributed by atoms with Crippen molar-refractivity contribution in [2.24, 2.45) is 5.41 Å². The van der Waals surface area contributed by atoms with Crippen LogP contribution in [0.15, 0.2) is 71.1 Å². The molecule has 0 spiro atoms. The van der Waals surface area contributed by atoms with Gasteiger partial charge in [0.25, 0.3) is 5.69 Å². The molecule has 0 saturated carbocycles. The molecule has 0 saturated heterocycles. The number of nitro benzene ring substituents is 1. The molecule has 0 aromatic heterocycles. The molecule has 10 heteroatoms. The molecule has 2 aromatic carbocycles. The molecule has 2 aromatic rings. The highest BCUT2D eigenvalue weighted by atomic mass is 19.1. The minimum Gasteiger partial charge on any atom is -0.466 e. The second kappa shape index (κ2) is 12.9. The molecule has 1 N–H and O–H groups in total. The van der Waals surface area contributed by atoms with Crippen molar-refractivity contribution in [3.63, 3.8) is 0 Å². The lowest BCUT2D eigenvalue weighted by Crippen LogP contribution is -2.34. The topological polar surface area (TPSA) is 111 Å². The van der Waals surface area contributed by atoms with Gasteiger partial charge in [0.15, 0.2) is 0 Å². The van der Waals surface area contributed by atoms with Gasteiger partial charge in [0.1, 0.15) is 5.82 Å². The maximum atomic E-state index is 15.1. The maximum Gasteiger partial charge on any atom is 0.336 e. The first-order valence-electron chi connectivity index (χ1n) is 12.9. The first kappa shape index (κ1) is 30.5. The Balaban J connectivity index is 1.82. The normalized spacial score (nSPS) is 15.7. The van der Waals surface area contributed by atoms with Crippen LogP contribution in [-0.2, 0) is 25.6 Å². The SMILES string of the molecule is COC(=O)C1=C(C)NC(C)=C(C(=O)OCCC(C)(C)CN(C)Cc2ccccc2)C1c1cc([N+](=O)[O-])ccc1F. The van der Waals surface area contributed by atoms with Gasteiger partial charge in [-0.15, -0.1) is 0 Å². The molecule has 214 valence electrons. The number of methoxy groups -OCH3 is 1. The lowest BCUT2D eigenvalue weighted by molar-refractivity contribution is -0.385. The fourth-order valence-electron chi connectivity index (χ4n) is 5.08. The minimum absolute atomic E-state index is 0.00982. The molecular formula is C30H36FN3O6. The molecule has 1 heterocycles. The number of nitro groups is 1. The number of halogens is 1. The van der Waals surface area contributed by atoms with Crippen LogP contribution in [0.2, 0.25) is 0 Å².